The second-order valence-electron chi connectivity index (χ2n) is 6.52. The van der Waals surface area contributed by atoms with Crippen molar-refractivity contribution in [3.8, 4) is 11.1 Å². The van der Waals surface area contributed by atoms with E-state index in [0.717, 1.165) is 6.42 Å². The highest BCUT2D eigenvalue weighted by atomic mass is 32.1. The van der Waals surface area contributed by atoms with Crippen LogP contribution in [0.3, 0.4) is 0 Å². The third kappa shape index (κ3) is 2.53. The van der Waals surface area contributed by atoms with Crippen LogP contribution in [-0.4, -0.2) is 0 Å². The van der Waals surface area contributed by atoms with E-state index in [0.29, 0.717) is 0 Å². The van der Waals surface area contributed by atoms with Crippen molar-refractivity contribution < 1.29 is 0 Å². The molecule has 4 aromatic rings. The van der Waals surface area contributed by atoms with Gasteiger partial charge in [-0.3, -0.25) is 0 Å². The second-order valence-corrected chi connectivity index (χ2v) is 7.54. The van der Waals surface area contributed by atoms with Gasteiger partial charge in [-0.15, -0.1) is 11.3 Å². The van der Waals surface area contributed by atoms with Crippen molar-refractivity contribution in [2.24, 2.45) is 0 Å². The zero-order valence-electron chi connectivity index (χ0n) is 14.4. The van der Waals surface area contributed by atoms with Gasteiger partial charge in [-0.25, -0.2) is 0 Å². The first-order chi connectivity index (χ1) is 12.9. The summed E-state index contributed by atoms with van der Waals surface area (Å²) >= 11 is 1.92. The summed E-state index contributed by atoms with van der Waals surface area (Å²) in [5.41, 5.74) is 5.25. The maximum absolute atomic E-state index is 2.32. The monoisotopic (exact) mass is 350 g/mol. The first kappa shape index (κ1) is 15.4. The van der Waals surface area contributed by atoms with Crippen molar-refractivity contribution in [2.75, 3.05) is 0 Å². The van der Waals surface area contributed by atoms with Gasteiger partial charge in [-0.2, -0.15) is 0 Å². The lowest BCUT2D eigenvalue weighted by Gasteiger charge is -2.04. The van der Waals surface area contributed by atoms with E-state index in [1.54, 1.807) is 0 Å². The molecule has 0 nitrogen and oxygen atoms in total. The Bertz CT molecular complexity index is 1190. The van der Waals surface area contributed by atoms with Gasteiger partial charge in [-0.1, -0.05) is 97.1 Å². The Morgan fingerprint density at radius 1 is 0.654 bits per heavy atom. The highest BCUT2D eigenvalue weighted by molar-refractivity contribution is 7.26. The van der Waals surface area contributed by atoms with Gasteiger partial charge in [0.2, 0.25) is 0 Å². The summed E-state index contributed by atoms with van der Waals surface area (Å²) in [4.78, 5) is 0. The van der Waals surface area contributed by atoms with Gasteiger partial charge in [-0.05, 0) is 28.7 Å². The molecule has 1 aliphatic rings. The van der Waals surface area contributed by atoms with E-state index in [9.17, 15) is 0 Å². The highest BCUT2D eigenvalue weighted by Gasteiger charge is 2.13. The van der Waals surface area contributed by atoms with E-state index in [-0.39, 0.29) is 0 Å². The molecule has 0 N–H and O–H groups in total. The fourth-order valence-electron chi connectivity index (χ4n) is 3.67. The van der Waals surface area contributed by atoms with Crippen LogP contribution in [0.2, 0.25) is 0 Å². The summed E-state index contributed by atoms with van der Waals surface area (Å²) in [5.74, 6) is 0. The molecule has 0 unspecified atom stereocenters. The Kier molecular flexibility index (Phi) is 3.80. The molecular formula is C25H18S. The maximum atomic E-state index is 2.32. The van der Waals surface area contributed by atoms with E-state index in [2.05, 4.69) is 97.1 Å². The summed E-state index contributed by atoms with van der Waals surface area (Å²) in [6.45, 7) is 0. The summed E-state index contributed by atoms with van der Waals surface area (Å²) < 4.78 is 2.75. The summed E-state index contributed by atoms with van der Waals surface area (Å²) in [6, 6.07) is 24.1. The molecule has 1 aromatic heterocycles. The van der Waals surface area contributed by atoms with Crippen LogP contribution >= 0.6 is 11.3 Å². The number of benzene rings is 3. The van der Waals surface area contributed by atoms with Crippen LogP contribution in [-0.2, 0) is 0 Å². The van der Waals surface area contributed by atoms with E-state index < -0.39 is 0 Å². The van der Waals surface area contributed by atoms with Gasteiger partial charge in [0.05, 0.1) is 0 Å². The Morgan fingerprint density at radius 3 is 2.19 bits per heavy atom. The predicted octanol–water partition coefficient (Wildman–Crippen LogP) is 7.62. The smallest absolute Gasteiger partial charge is 0.0434 e. The molecule has 3 aromatic carbocycles. The van der Waals surface area contributed by atoms with Crippen molar-refractivity contribution >= 4 is 37.1 Å². The molecule has 1 heterocycles. The van der Waals surface area contributed by atoms with Gasteiger partial charge >= 0.3 is 0 Å². The molecule has 0 aliphatic heterocycles. The van der Waals surface area contributed by atoms with Gasteiger partial charge in [0.15, 0.2) is 0 Å². The lowest BCUT2D eigenvalue weighted by atomic mass is 10.00. The summed E-state index contributed by atoms with van der Waals surface area (Å²) in [7, 11) is 0. The van der Waals surface area contributed by atoms with Crippen molar-refractivity contribution in [1.82, 2.24) is 0 Å². The lowest BCUT2D eigenvalue weighted by molar-refractivity contribution is 1.41. The second kappa shape index (κ2) is 6.44. The average Bonchev–Trinajstić information content (AvgIpc) is 2.88. The Balaban J connectivity index is 1.80. The number of hydrogen-bond acceptors (Lipinski definition) is 1. The molecule has 1 heteroatoms. The minimum atomic E-state index is 0.985. The molecule has 0 spiro atoms. The minimum Gasteiger partial charge on any atom is -0.134 e. The van der Waals surface area contributed by atoms with E-state index in [1.165, 1.54) is 42.4 Å². The highest BCUT2D eigenvalue weighted by Crippen LogP contribution is 2.42. The molecular weight excluding hydrogens is 332 g/mol. The van der Waals surface area contributed by atoms with Gasteiger partial charge in [0.1, 0.15) is 0 Å². The first-order valence-electron chi connectivity index (χ1n) is 8.95. The minimum absolute atomic E-state index is 0.985. The predicted molar refractivity (Wildman–Crippen MR) is 116 cm³/mol. The van der Waals surface area contributed by atoms with Crippen LogP contribution < -0.4 is 0 Å². The van der Waals surface area contributed by atoms with E-state index >= 15 is 0 Å². The number of allylic oxidation sites excluding steroid dienone is 6. The standard InChI is InChI=1S/C25H18S/c1-2-5-11-18(10-4-1)20-14-8-16-22-23-17-9-15-21(25(23)26-24(20)22)19-12-6-3-7-13-19/h1-4,6-17H,5H2. The summed E-state index contributed by atoms with van der Waals surface area (Å²) in [5, 5.41) is 2.70. The fraction of sp³-hybridized carbons (Fsp3) is 0.0400. The molecule has 0 fully saturated rings. The maximum Gasteiger partial charge on any atom is 0.0434 e. The topological polar surface area (TPSA) is 0 Å². The quantitative estimate of drug-likeness (QED) is 0.349. The SMILES string of the molecule is C1=CCC=C(c2cccc3c2sc2c(-c4ccccc4)cccc23)C=C1. The van der Waals surface area contributed by atoms with Crippen molar-refractivity contribution in [3.05, 3.63) is 103 Å². The van der Waals surface area contributed by atoms with Crippen molar-refractivity contribution in [3.63, 3.8) is 0 Å². The van der Waals surface area contributed by atoms with Gasteiger partial charge in [0.25, 0.3) is 0 Å². The normalized spacial score (nSPS) is 13.9. The van der Waals surface area contributed by atoms with Gasteiger partial charge < -0.3 is 0 Å². The molecule has 0 saturated carbocycles. The molecule has 124 valence electrons. The first-order valence-corrected chi connectivity index (χ1v) is 9.77. The van der Waals surface area contributed by atoms with Crippen LogP contribution in [0.5, 0.6) is 0 Å². The molecule has 1 aliphatic carbocycles. The third-order valence-corrected chi connectivity index (χ3v) is 6.20. The van der Waals surface area contributed by atoms with E-state index in [4.69, 9.17) is 0 Å². The zero-order valence-corrected chi connectivity index (χ0v) is 15.2. The third-order valence-electron chi connectivity index (χ3n) is 4.92. The molecule has 0 radical (unpaired) electrons. The van der Waals surface area contributed by atoms with Crippen LogP contribution in [0.1, 0.15) is 12.0 Å². The molecule has 0 amide bonds. The Hall–Kier alpha value is -2.90. The Morgan fingerprint density at radius 2 is 1.38 bits per heavy atom. The number of hydrogen-bond donors (Lipinski definition) is 0. The number of thiophene rings is 1. The molecule has 0 bridgehead atoms. The lowest BCUT2D eigenvalue weighted by Crippen LogP contribution is -1.81. The summed E-state index contributed by atoms with van der Waals surface area (Å²) in [6.07, 6.45) is 12.0. The van der Waals surface area contributed by atoms with Crippen molar-refractivity contribution in [2.45, 2.75) is 6.42 Å². The molecule has 26 heavy (non-hydrogen) atoms. The number of rotatable bonds is 2. The van der Waals surface area contributed by atoms with Crippen molar-refractivity contribution in [1.29, 1.82) is 0 Å². The largest absolute Gasteiger partial charge is 0.134 e. The molecule has 0 saturated heterocycles. The van der Waals surface area contributed by atoms with E-state index in [1.807, 2.05) is 11.3 Å². The average molecular weight is 350 g/mol. The van der Waals surface area contributed by atoms with Crippen LogP contribution in [0.25, 0.3) is 36.9 Å². The number of fused-ring (bicyclic) bond motifs is 3. The van der Waals surface area contributed by atoms with Crippen LogP contribution in [0.15, 0.2) is 97.1 Å². The van der Waals surface area contributed by atoms with Crippen LogP contribution in [0, 0.1) is 0 Å². The zero-order chi connectivity index (χ0) is 17.3. The van der Waals surface area contributed by atoms with Gasteiger partial charge in [0, 0.05) is 20.2 Å². The molecule has 5 rings (SSSR count). The Labute approximate surface area is 157 Å². The van der Waals surface area contributed by atoms with Crippen LogP contribution in [0.4, 0.5) is 0 Å². The molecule has 0 atom stereocenters. The fourth-order valence-corrected chi connectivity index (χ4v) is 5.04.